The number of ketones is 1. The maximum absolute atomic E-state index is 11.1. The average Bonchev–Trinajstić information content (AvgIpc) is 1.98. The summed E-state index contributed by atoms with van der Waals surface area (Å²) < 4.78 is 0. The largest absolute Gasteiger partial charge is 0.311 e. The summed E-state index contributed by atoms with van der Waals surface area (Å²) in [7, 11) is 1.81. The van der Waals surface area contributed by atoms with Crippen LogP contribution in [-0.4, -0.2) is 18.9 Å². The normalized spacial score (nSPS) is 13.1. The van der Waals surface area contributed by atoms with Crippen molar-refractivity contribution in [1.82, 2.24) is 5.32 Å². The van der Waals surface area contributed by atoms with Crippen molar-refractivity contribution in [2.45, 2.75) is 39.2 Å². The van der Waals surface area contributed by atoms with Crippen molar-refractivity contribution in [3.8, 4) is 0 Å². The number of carbonyl (C=O) groups is 1. The van der Waals surface area contributed by atoms with Crippen molar-refractivity contribution < 1.29 is 4.79 Å². The van der Waals surface area contributed by atoms with Crippen LogP contribution in [0.4, 0.5) is 0 Å². The number of carbonyl (C=O) groups excluding carboxylic acids is 1. The molecule has 0 saturated carbocycles. The van der Waals surface area contributed by atoms with E-state index in [1.807, 2.05) is 14.0 Å². The van der Waals surface area contributed by atoms with Crippen LogP contribution < -0.4 is 5.32 Å². The van der Waals surface area contributed by atoms with Gasteiger partial charge in [-0.05, 0) is 20.4 Å². The molecule has 0 aliphatic rings. The van der Waals surface area contributed by atoms with Gasteiger partial charge < -0.3 is 5.32 Å². The number of hydrogen-bond donors (Lipinski definition) is 1. The molecule has 1 atom stereocenters. The zero-order chi connectivity index (χ0) is 7.98. The van der Waals surface area contributed by atoms with Crippen LogP contribution in [-0.2, 0) is 4.79 Å². The first-order valence-electron chi connectivity index (χ1n) is 3.92. The third-order valence-electron chi connectivity index (χ3n) is 1.69. The molecule has 0 aliphatic heterocycles. The molecule has 0 aromatic rings. The molecule has 1 unspecified atom stereocenters. The standard InChI is InChI=1S/C8H17NO/c1-4-5-6-8(10)7(2)9-3/h7,9H,4-6H2,1-3H3. The number of rotatable bonds is 5. The molecule has 0 rings (SSSR count). The van der Waals surface area contributed by atoms with Crippen LogP contribution in [0, 0.1) is 0 Å². The average molecular weight is 143 g/mol. The highest BCUT2D eigenvalue weighted by Gasteiger charge is 2.07. The van der Waals surface area contributed by atoms with Crippen molar-refractivity contribution >= 4 is 5.78 Å². The molecule has 10 heavy (non-hydrogen) atoms. The third kappa shape index (κ3) is 3.62. The molecule has 60 valence electrons. The van der Waals surface area contributed by atoms with Gasteiger partial charge in [0.2, 0.25) is 0 Å². The highest BCUT2D eigenvalue weighted by Crippen LogP contribution is 1.97. The van der Waals surface area contributed by atoms with E-state index in [4.69, 9.17) is 0 Å². The summed E-state index contributed by atoms with van der Waals surface area (Å²) in [5.41, 5.74) is 0. The Morgan fingerprint density at radius 2 is 2.20 bits per heavy atom. The molecule has 0 spiro atoms. The highest BCUT2D eigenvalue weighted by molar-refractivity contribution is 5.83. The maximum Gasteiger partial charge on any atom is 0.149 e. The van der Waals surface area contributed by atoms with Gasteiger partial charge in [-0.3, -0.25) is 4.79 Å². The lowest BCUT2D eigenvalue weighted by Crippen LogP contribution is -2.30. The van der Waals surface area contributed by atoms with Crippen LogP contribution in [0.2, 0.25) is 0 Å². The van der Waals surface area contributed by atoms with Crippen molar-refractivity contribution in [3.63, 3.8) is 0 Å². The second-order valence-corrected chi connectivity index (χ2v) is 2.58. The lowest BCUT2D eigenvalue weighted by Gasteiger charge is -2.06. The van der Waals surface area contributed by atoms with Gasteiger partial charge >= 0.3 is 0 Å². The molecule has 0 aliphatic carbocycles. The van der Waals surface area contributed by atoms with Crippen molar-refractivity contribution in [1.29, 1.82) is 0 Å². The van der Waals surface area contributed by atoms with E-state index >= 15 is 0 Å². The van der Waals surface area contributed by atoms with Gasteiger partial charge in [0.15, 0.2) is 0 Å². The summed E-state index contributed by atoms with van der Waals surface area (Å²) >= 11 is 0. The van der Waals surface area contributed by atoms with Gasteiger partial charge in [0.05, 0.1) is 6.04 Å². The van der Waals surface area contributed by atoms with E-state index < -0.39 is 0 Å². The van der Waals surface area contributed by atoms with Crippen molar-refractivity contribution in [2.24, 2.45) is 0 Å². The first-order valence-corrected chi connectivity index (χ1v) is 3.92. The second-order valence-electron chi connectivity index (χ2n) is 2.58. The lowest BCUT2D eigenvalue weighted by molar-refractivity contribution is -0.120. The van der Waals surface area contributed by atoms with E-state index in [0.717, 1.165) is 19.3 Å². The molecule has 0 bridgehead atoms. The van der Waals surface area contributed by atoms with Crippen LogP contribution >= 0.6 is 0 Å². The molecule has 2 nitrogen and oxygen atoms in total. The molecule has 0 saturated heterocycles. The Hall–Kier alpha value is -0.370. The number of likely N-dealkylation sites (N-methyl/N-ethyl adjacent to an activating group) is 1. The van der Waals surface area contributed by atoms with Crippen LogP contribution in [0.5, 0.6) is 0 Å². The SMILES string of the molecule is CCCCC(=O)C(C)NC. The number of hydrogen-bond acceptors (Lipinski definition) is 2. The summed E-state index contributed by atoms with van der Waals surface area (Å²) in [4.78, 5) is 11.1. The minimum absolute atomic E-state index is 0.0338. The fourth-order valence-electron chi connectivity index (χ4n) is 0.729. The van der Waals surface area contributed by atoms with Gasteiger partial charge in [-0.1, -0.05) is 13.3 Å². The Morgan fingerprint density at radius 3 is 2.60 bits per heavy atom. The van der Waals surface area contributed by atoms with E-state index in [-0.39, 0.29) is 6.04 Å². The predicted octanol–water partition coefficient (Wildman–Crippen LogP) is 1.35. The summed E-state index contributed by atoms with van der Waals surface area (Å²) in [6, 6.07) is 0.0338. The predicted molar refractivity (Wildman–Crippen MR) is 43.1 cm³/mol. The van der Waals surface area contributed by atoms with Gasteiger partial charge in [0.25, 0.3) is 0 Å². The molecule has 0 fully saturated rings. The van der Waals surface area contributed by atoms with Gasteiger partial charge in [-0.25, -0.2) is 0 Å². The molecule has 0 radical (unpaired) electrons. The number of nitrogens with one attached hydrogen (secondary N) is 1. The van der Waals surface area contributed by atoms with E-state index in [2.05, 4.69) is 12.2 Å². The molecule has 0 heterocycles. The van der Waals surface area contributed by atoms with Crippen molar-refractivity contribution in [2.75, 3.05) is 7.05 Å². The molecule has 2 heteroatoms. The summed E-state index contributed by atoms with van der Waals surface area (Å²) in [5, 5.41) is 2.92. The topological polar surface area (TPSA) is 29.1 Å². The summed E-state index contributed by atoms with van der Waals surface area (Å²) in [6.45, 7) is 4.00. The quantitative estimate of drug-likeness (QED) is 0.629. The van der Waals surface area contributed by atoms with E-state index in [0.29, 0.717) is 5.78 Å². The summed E-state index contributed by atoms with van der Waals surface area (Å²) in [6.07, 6.45) is 2.84. The Bertz CT molecular complexity index is 101. The van der Waals surface area contributed by atoms with Crippen LogP contribution in [0.25, 0.3) is 0 Å². The second kappa shape index (κ2) is 5.42. The molecular weight excluding hydrogens is 126 g/mol. The van der Waals surface area contributed by atoms with E-state index in [1.54, 1.807) is 0 Å². The van der Waals surface area contributed by atoms with Gasteiger partial charge in [0.1, 0.15) is 5.78 Å². The Morgan fingerprint density at radius 1 is 1.60 bits per heavy atom. The minimum atomic E-state index is 0.0338. The lowest BCUT2D eigenvalue weighted by atomic mass is 10.1. The van der Waals surface area contributed by atoms with E-state index in [9.17, 15) is 4.79 Å². The number of unbranched alkanes of at least 4 members (excludes halogenated alkanes) is 1. The molecular formula is C8H17NO. The Kier molecular flexibility index (Phi) is 5.22. The molecule has 1 N–H and O–H groups in total. The smallest absolute Gasteiger partial charge is 0.149 e. The zero-order valence-electron chi connectivity index (χ0n) is 7.11. The Balaban J connectivity index is 3.42. The molecule has 0 aromatic heterocycles. The third-order valence-corrected chi connectivity index (χ3v) is 1.69. The van der Waals surface area contributed by atoms with Crippen LogP contribution in [0.3, 0.4) is 0 Å². The minimum Gasteiger partial charge on any atom is -0.311 e. The monoisotopic (exact) mass is 143 g/mol. The fourth-order valence-corrected chi connectivity index (χ4v) is 0.729. The maximum atomic E-state index is 11.1. The first kappa shape index (κ1) is 9.63. The van der Waals surface area contributed by atoms with Gasteiger partial charge in [-0.15, -0.1) is 0 Å². The van der Waals surface area contributed by atoms with Gasteiger partial charge in [0, 0.05) is 6.42 Å². The zero-order valence-corrected chi connectivity index (χ0v) is 7.11. The first-order chi connectivity index (χ1) is 4.72. The van der Waals surface area contributed by atoms with Crippen LogP contribution in [0.15, 0.2) is 0 Å². The Labute approximate surface area is 63.0 Å². The van der Waals surface area contributed by atoms with Crippen molar-refractivity contribution in [3.05, 3.63) is 0 Å². The fraction of sp³-hybridized carbons (Fsp3) is 0.875. The molecule has 0 amide bonds. The number of Topliss-reactive ketones (excluding diaryl/α,β-unsaturated/α-hetero) is 1. The highest BCUT2D eigenvalue weighted by atomic mass is 16.1. The van der Waals surface area contributed by atoms with Crippen LogP contribution in [0.1, 0.15) is 33.1 Å². The van der Waals surface area contributed by atoms with E-state index in [1.165, 1.54) is 0 Å². The van der Waals surface area contributed by atoms with Gasteiger partial charge in [-0.2, -0.15) is 0 Å². The summed E-state index contributed by atoms with van der Waals surface area (Å²) in [5.74, 6) is 0.323. The molecule has 0 aromatic carbocycles.